The summed E-state index contributed by atoms with van der Waals surface area (Å²) in [4.78, 5) is 11.6. The Bertz CT molecular complexity index is 915. The van der Waals surface area contributed by atoms with Crippen LogP contribution in [0.25, 0.3) is 11.4 Å². The second-order valence-electron chi connectivity index (χ2n) is 7.88. The number of halogens is 5. The molecule has 2 aliphatic rings. The van der Waals surface area contributed by atoms with Crippen molar-refractivity contribution in [3.63, 3.8) is 0 Å². The van der Waals surface area contributed by atoms with Crippen molar-refractivity contribution in [1.82, 2.24) is 9.97 Å². The second-order valence-corrected chi connectivity index (χ2v) is 7.88. The van der Waals surface area contributed by atoms with E-state index >= 15 is 0 Å². The molecule has 1 aromatic carbocycles. The fraction of sp³-hybridized carbons (Fsp3) is 0.500. The number of aromatic nitrogens is 2. The molecule has 6 nitrogen and oxygen atoms in total. The summed E-state index contributed by atoms with van der Waals surface area (Å²) in [5.41, 5.74) is 19.4. The van der Waals surface area contributed by atoms with E-state index in [9.17, 15) is 13.2 Å². The molecule has 1 aliphatic carbocycles. The van der Waals surface area contributed by atoms with E-state index in [0.29, 0.717) is 6.54 Å². The van der Waals surface area contributed by atoms with E-state index in [-0.39, 0.29) is 53.6 Å². The number of piperidine rings is 1. The highest BCUT2D eigenvalue weighted by molar-refractivity contribution is 5.86. The van der Waals surface area contributed by atoms with Gasteiger partial charge in [-0.25, -0.2) is 9.97 Å². The van der Waals surface area contributed by atoms with E-state index < -0.39 is 11.7 Å². The molecule has 6 N–H and O–H groups in total. The molecule has 1 fully saturated rings. The van der Waals surface area contributed by atoms with Gasteiger partial charge in [-0.2, -0.15) is 13.2 Å². The number of nitrogen functional groups attached to an aromatic ring is 2. The summed E-state index contributed by atoms with van der Waals surface area (Å²) < 4.78 is 39.3. The highest BCUT2D eigenvalue weighted by atomic mass is 35.5. The van der Waals surface area contributed by atoms with Crippen molar-refractivity contribution in [3.05, 3.63) is 29.0 Å². The topological polar surface area (TPSA) is 107 Å². The van der Waals surface area contributed by atoms with Crippen molar-refractivity contribution in [1.29, 1.82) is 0 Å². The van der Waals surface area contributed by atoms with Gasteiger partial charge < -0.3 is 22.1 Å². The third-order valence-corrected chi connectivity index (χ3v) is 5.67. The van der Waals surface area contributed by atoms with E-state index in [4.69, 9.17) is 22.2 Å². The predicted molar refractivity (Wildman–Crippen MR) is 122 cm³/mol. The average molecular weight is 479 g/mol. The van der Waals surface area contributed by atoms with Crippen LogP contribution in [-0.2, 0) is 19.0 Å². The van der Waals surface area contributed by atoms with Crippen molar-refractivity contribution < 1.29 is 13.2 Å². The molecule has 0 spiro atoms. The van der Waals surface area contributed by atoms with Gasteiger partial charge in [0, 0.05) is 41.8 Å². The van der Waals surface area contributed by atoms with Gasteiger partial charge in [-0.15, -0.1) is 24.8 Å². The van der Waals surface area contributed by atoms with Crippen LogP contribution < -0.4 is 22.1 Å². The first-order valence-corrected chi connectivity index (χ1v) is 9.91. The normalized spacial score (nSPS) is 18.6. The summed E-state index contributed by atoms with van der Waals surface area (Å²) >= 11 is 0. The molecule has 172 valence electrons. The average Bonchev–Trinajstić information content (AvgIpc) is 2.66. The Morgan fingerprint density at radius 3 is 2.23 bits per heavy atom. The highest BCUT2D eigenvalue weighted by Gasteiger charge is 2.33. The molecule has 1 saturated heterocycles. The molecule has 4 rings (SSSR count). The number of alkyl halides is 3. The van der Waals surface area contributed by atoms with E-state index in [0.717, 1.165) is 74.3 Å². The number of fused-ring (bicyclic) bond motifs is 1. The fourth-order valence-corrected chi connectivity index (χ4v) is 4.26. The third-order valence-electron chi connectivity index (χ3n) is 5.67. The molecule has 0 amide bonds. The minimum Gasteiger partial charge on any atom is -0.398 e. The SMILES string of the molecule is Cl.Cl.Nc1cc(C(F)(F)F)cc(N)c1-c1nc2c(c(N3CCCC(N)C3)n1)CCCC2. The highest BCUT2D eigenvalue weighted by Crippen LogP contribution is 2.39. The summed E-state index contributed by atoms with van der Waals surface area (Å²) in [6.07, 6.45) is 1.18. The summed E-state index contributed by atoms with van der Waals surface area (Å²) in [5, 5.41) is 0. The van der Waals surface area contributed by atoms with Crippen LogP contribution in [0.3, 0.4) is 0 Å². The van der Waals surface area contributed by atoms with Crippen molar-refractivity contribution in [3.8, 4) is 11.4 Å². The summed E-state index contributed by atoms with van der Waals surface area (Å²) in [7, 11) is 0. The van der Waals surface area contributed by atoms with Gasteiger partial charge in [-0.05, 0) is 50.7 Å². The molecule has 2 heterocycles. The molecule has 1 unspecified atom stereocenters. The fourth-order valence-electron chi connectivity index (χ4n) is 4.26. The maximum absolute atomic E-state index is 13.1. The van der Waals surface area contributed by atoms with Gasteiger partial charge in [0.1, 0.15) is 5.82 Å². The number of benzene rings is 1. The monoisotopic (exact) mass is 478 g/mol. The van der Waals surface area contributed by atoms with Crippen molar-refractivity contribution in [2.45, 2.75) is 50.7 Å². The molecular weight excluding hydrogens is 452 g/mol. The van der Waals surface area contributed by atoms with Gasteiger partial charge in [-0.1, -0.05) is 0 Å². The van der Waals surface area contributed by atoms with Crippen LogP contribution in [0, 0.1) is 0 Å². The summed E-state index contributed by atoms with van der Waals surface area (Å²) in [6.45, 7) is 1.54. The van der Waals surface area contributed by atoms with E-state index in [2.05, 4.69) is 9.88 Å². The Labute approximate surface area is 191 Å². The first-order chi connectivity index (χ1) is 13.7. The van der Waals surface area contributed by atoms with Gasteiger partial charge in [0.2, 0.25) is 0 Å². The van der Waals surface area contributed by atoms with Gasteiger partial charge in [0.15, 0.2) is 5.82 Å². The zero-order valence-electron chi connectivity index (χ0n) is 16.9. The largest absolute Gasteiger partial charge is 0.416 e. The second kappa shape index (κ2) is 9.67. The lowest BCUT2D eigenvalue weighted by Crippen LogP contribution is -2.44. The van der Waals surface area contributed by atoms with Gasteiger partial charge in [-0.3, -0.25) is 0 Å². The molecule has 1 aliphatic heterocycles. The Hall–Kier alpha value is -1.97. The molecule has 0 bridgehead atoms. The Balaban J connectivity index is 0.00000171. The Morgan fingerprint density at radius 1 is 0.968 bits per heavy atom. The van der Waals surface area contributed by atoms with Crippen molar-refractivity contribution in [2.24, 2.45) is 5.73 Å². The number of hydrogen-bond donors (Lipinski definition) is 3. The molecule has 31 heavy (non-hydrogen) atoms. The van der Waals surface area contributed by atoms with Crippen LogP contribution in [0.15, 0.2) is 12.1 Å². The van der Waals surface area contributed by atoms with Crippen LogP contribution in [-0.4, -0.2) is 29.1 Å². The number of nitrogens with zero attached hydrogens (tertiary/aromatic N) is 3. The van der Waals surface area contributed by atoms with Gasteiger partial charge in [0.25, 0.3) is 0 Å². The standard InChI is InChI=1S/C20H25F3N6.2ClH/c21-20(22,23)11-8-14(25)17(15(26)9-11)18-27-16-6-2-1-5-13(16)19(28-18)29-7-3-4-12(24)10-29;;/h8-9,12H,1-7,10,24-26H2;2*1H. The zero-order chi connectivity index (χ0) is 20.8. The molecular formula is C20H27Cl2F3N6. The quantitative estimate of drug-likeness (QED) is 0.563. The maximum atomic E-state index is 13.1. The smallest absolute Gasteiger partial charge is 0.398 e. The zero-order valence-corrected chi connectivity index (χ0v) is 18.5. The lowest BCUT2D eigenvalue weighted by atomic mass is 9.94. The molecule has 1 atom stereocenters. The van der Waals surface area contributed by atoms with E-state index in [1.165, 1.54) is 0 Å². The molecule has 0 saturated carbocycles. The molecule has 11 heteroatoms. The first kappa shape index (κ1) is 25.3. The number of aryl methyl sites for hydroxylation is 1. The lowest BCUT2D eigenvalue weighted by molar-refractivity contribution is -0.137. The minimum atomic E-state index is -4.52. The van der Waals surface area contributed by atoms with Gasteiger partial charge in [0.05, 0.1) is 11.1 Å². The molecule has 1 aromatic heterocycles. The van der Waals surface area contributed by atoms with Crippen LogP contribution in [0.2, 0.25) is 0 Å². The number of hydrogen-bond acceptors (Lipinski definition) is 6. The van der Waals surface area contributed by atoms with E-state index in [1.807, 2.05) is 0 Å². The summed E-state index contributed by atoms with van der Waals surface area (Å²) in [6, 6.07) is 1.86. The van der Waals surface area contributed by atoms with Crippen LogP contribution in [0.4, 0.5) is 30.4 Å². The number of nitrogens with two attached hydrogens (primary N) is 3. The number of anilines is 3. The third kappa shape index (κ3) is 5.10. The number of rotatable bonds is 2. The lowest BCUT2D eigenvalue weighted by Gasteiger charge is -2.34. The minimum absolute atomic E-state index is 0. The molecule has 2 aromatic rings. The van der Waals surface area contributed by atoms with E-state index in [1.54, 1.807) is 0 Å². The maximum Gasteiger partial charge on any atom is 0.416 e. The first-order valence-electron chi connectivity index (χ1n) is 9.91. The Kier molecular flexibility index (Phi) is 7.89. The van der Waals surface area contributed by atoms with Gasteiger partial charge >= 0.3 is 6.18 Å². The van der Waals surface area contributed by atoms with Crippen LogP contribution >= 0.6 is 24.8 Å². The Morgan fingerprint density at radius 2 is 1.61 bits per heavy atom. The summed E-state index contributed by atoms with van der Waals surface area (Å²) in [5.74, 6) is 1.10. The van der Waals surface area contributed by atoms with Crippen LogP contribution in [0.5, 0.6) is 0 Å². The molecule has 0 radical (unpaired) electrons. The van der Waals surface area contributed by atoms with Crippen molar-refractivity contribution >= 4 is 42.0 Å². The van der Waals surface area contributed by atoms with Crippen molar-refractivity contribution in [2.75, 3.05) is 29.5 Å². The predicted octanol–water partition coefficient (Wildman–Crippen LogP) is 3.98. The van der Waals surface area contributed by atoms with Crippen LogP contribution in [0.1, 0.15) is 42.5 Å².